The Bertz CT molecular complexity index is 1080. The van der Waals surface area contributed by atoms with Gasteiger partial charge in [-0.25, -0.2) is 4.79 Å². The largest absolute Gasteiger partial charge is 0.338 e. The third kappa shape index (κ3) is 5.63. The fourth-order valence-electron chi connectivity index (χ4n) is 3.68. The number of anilines is 1. The summed E-state index contributed by atoms with van der Waals surface area (Å²) in [5, 5.41) is 6.96. The molecule has 4 rings (SSSR count). The lowest BCUT2D eigenvalue weighted by molar-refractivity contribution is -0.129. The van der Waals surface area contributed by atoms with Gasteiger partial charge in [0.15, 0.2) is 0 Å². The molecule has 166 valence electrons. The second-order valence-corrected chi connectivity index (χ2v) is 9.80. The van der Waals surface area contributed by atoms with E-state index in [1.165, 1.54) is 0 Å². The molecular formula is C24H25N3O3S2. The molecular weight excluding hydrogens is 442 g/mol. The first-order valence-electron chi connectivity index (χ1n) is 10.4. The van der Waals surface area contributed by atoms with Crippen LogP contribution in [0, 0.1) is 0 Å². The number of urea groups is 1. The van der Waals surface area contributed by atoms with Crippen LogP contribution in [0.4, 0.5) is 10.5 Å². The maximum Gasteiger partial charge on any atom is 0.321 e. The molecule has 32 heavy (non-hydrogen) atoms. The van der Waals surface area contributed by atoms with E-state index < -0.39 is 10.8 Å². The van der Waals surface area contributed by atoms with Gasteiger partial charge in [0.2, 0.25) is 5.91 Å². The number of nitrogens with one attached hydrogen (secondary N) is 1. The number of para-hydroxylation sites is 1. The first kappa shape index (κ1) is 22.2. The van der Waals surface area contributed by atoms with Crippen molar-refractivity contribution >= 4 is 39.8 Å². The molecule has 2 aromatic carbocycles. The molecule has 0 aliphatic carbocycles. The van der Waals surface area contributed by atoms with Crippen molar-refractivity contribution in [2.75, 3.05) is 37.2 Å². The quantitative estimate of drug-likeness (QED) is 0.595. The minimum Gasteiger partial charge on any atom is -0.338 e. The van der Waals surface area contributed by atoms with E-state index >= 15 is 0 Å². The average Bonchev–Trinajstić information content (AvgIpc) is 3.35. The van der Waals surface area contributed by atoms with Crippen LogP contribution in [-0.2, 0) is 21.3 Å². The highest BCUT2D eigenvalue weighted by molar-refractivity contribution is 7.84. The maximum atomic E-state index is 12.8. The van der Waals surface area contributed by atoms with Gasteiger partial charge in [0.1, 0.15) is 5.75 Å². The summed E-state index contributed by atoms with van der Waals surface area (Å²) in [5.74, 6) is 0.213. The summed E-state index contributed by atoms with van der Waals surface area (Å²) in [6.45, 7) is 1.81. The van der Waals surface area contributed by atoms with E-state index in [1.54, 1.807) is 21.1 Å². The molecule has 1 unspecified atom stereocenters. The number of piperazine rings is 1. The van der Waals surface area contributed by atoms with Crippen LogP contribution in [0.15, 0.2) is 71.4 Å². The highest BCUT2D eigenvalue weighted by Gasteiger charge is 2.25. The van der Waals surface area contributed by atoms with Gasteiger partial charge in [-0.05, 0) is 45.6 Å². The van der Waals surface area contributed by atoms with E-state index in [9.17, 15) is 13.8 Å². The Morgan fingerprint density at radius 2 is 1.59 bits per heavy atom. The predicted molar refractivity (Wildman–Crippen MR) is 130 cm³/mol. The van der Waals surface area contributed by atoms with Crippen LogP contribution < -0.4 is 5.32 Å². The Hall–Kier alpha value is -2.97. The van der Waals surface area contributed by atoms with Gasteiger partial charge in [0.05, 0.1) is 0 Å². The zero-order valence-electron chi connectivity index (χ0n) is 17.6. The molecule has 1 aromatic heterocycles. The number of hydrogen-bond donors (Lipinski definition) is 1. The molecule has 1 fully saturated rings. The van der Waals surface area contributed by atoms with Crippen LogP contribution in [0.5, 0.6) is 0 Å². The summed E-state index contributed by atoms with van der Waals surface area (Å²) in [6.07, 6.45) is 0. The van der Waals surface area contributed by atoms with E-state index in [4.69, 9.17) is 0 Å². The molecule has 1 atom stereocenters. The van der Waals surface area contributed by atoms with Crippen LogP contribution in [0.1, 0.15) is 5.56 Å². The zero-order chi connectivity index (χ0) is 22.3. The molecule has 0 radical (unpaired) electrons. The Labute approximate surface area is 194 Å². The van der Waals surface area contributed by atoms with Gasteiger partial charge in [-0.3, -0.25) is 9.00 Å². The number of hydrogen-bond acceptors (Lipinski definition) is 4. The topological polar surface area (TPSA) is 69.7 Å². The van der Waals surface area contributed by atoms with Gasteiger partial charge in [-0.2, -0.15) is 11.3 Å². The molecule has 1 saturated heterocycles. The van der Waals surface area contributed by atoms with Gasteiger partial charge < -0.3 is 15.1 Å². The number of carbonyl (C=O) groups excluding carboxylic acids is 2. The number of rotatable bonds is 6. The van der Waals surface area contributed by atoms with Crippen molar-refractivity contribution in [3.05, 3.63) is 77.0 Å². The van der Waals surface area contributed by atoms with Crippen LogP contribution in [0.25, 0.3) is 11.1 Å². The molecule has 1 aliphatic rings. The Kier molecular flexibility index (Phi) is 7.34. The summed E-state index contributed by atoms with van der Waals surface area (Å²) < 4.78 is 12.8. The standard InChI is InChI=1S/C24H25N3O3S2/c28-23(18-32(30)17-20-6-4-5-9-22(20)19-10-15-31-16-19)26-11-13-27(14-12-26)24(29)25-21-7-2-1-3-8-21/h1-10,15-16H,11-14,17-18H2,(H,25,29). The fourth-order valence-corrected chi connectivity index (χ4v) is 5.50. The normalized spacial score (nSPS) is 14.8. The lowest BCUT2D eigenvalue weighted by Gasteiger charge is -2.34. The average molecular weight is 468 g/mol. The SMILES string of the molecule is O=C(CS(=O)Cc1ccccc1-c1ccsc1)N1CCN(C(=O)Nc2ccccc2)CC1. The summed E-state index contributed by atoms with van der Waals surface area (Å²) in [7, 11) is -1.30. The third-order valence-electron chi connectivity index (χ3n) is 5.40. The van der Waals surface area contributed by atoms with Crippen molar-refractivity contribution in [1.29, 1.82) is 0 Å². The molecule has 1 aliphatic heterocycles. The lowest BCUT2D eigenvalue weighted by Crippen LogP contribution is -2.52. The lowest BCUT2D eigenvalue weighted by atomic mass is 10.0. The van der Waals surface area contributed by atoms with E-state index in [1.807, 2.05) is 66.0 Å². The minimum atomic E-state index is -1.30. The van der Waals surface area contributed by atoms with E-state index in [-0.39, 0.29) is 17.7 Å². The third-order valence-corrected chi connectivity index (χ3v) is 7.28. The van der Waals surface area contributed by atoms with Crippen LogP contribution in [-0.4, -0.2) is 57.9 Å². The van der Waals surface area contributed by atoms with Crippen LogP contribution >= 0.6 is 11.3 Å². The van der Waals surface area contributed by atoms with Gasteiger partial charge in [0, 0.05) is 48.4 Å². The number of benzene rings is 2. The summed E-state index contributed by atoms with van der Waals surface area (Å²) in [6, 6.07) is 19.1. The van der Waals surface area contributed by atoms with Crippen molar-refractivity contribution in [2.24, 2.45) is 0 Å². The van der Waals surface area contributed by atoms with Crippen LogP contribution in [0.3, 0.4) is 0 Å². The summed E-state index contributed by atoms with van der Waals surface area (Å²) in [4.78, 5) is 28.5. The summed E-state index contributed by atoms with van der Waals surface area (Å²) in [5.41, 5.74) is 3.90. The van der Waals surface area contributed by atoms with E-state index in [2.05, 4.69) is 10.7 Å². The maximum absolute atomic E-state index is 12.8. The molecule has 2 heterocycles. The van der Waals surface area contributed by atoms with Crippen molar-refractivity contribution < 1.29 is 13.8 Å². The fraction of sp³-hybridized carbons (Fsp3) is 0.250. The van der Waals surface area contributed by atoms with Gasteiger partial charge >= 0.3 is 6.03 Å². The van der Waals surface area contributed by atoms with Gasteiger partial charge in [0.25, 0.3) is 0 Å². The Morgan fingerprint density at radius 3 is 2.31 bits per heavy atom. The highest BCUT2D eigenvalue weighted by Crippen LogP contribution is 2.26. The van der Waals surface area contributed by atoms with Crippen molar-refractivity contribution in [3.8, 4) is 11.1 Å². The predicted octanol–water partition coefficient (Wildman–Crippen LogP) is 4.04. The number of carbonyl (C=O) groups is 2. The van der Waals surface area contributed by atoms with E-state index in [0.717, 1.165) is 22.4 Å². The molecule has 0 spiro atoms. The molecule has 0 saturated carbocycles. The molecule has 8 heteroatoms. The molecule has 0 bridgehead atoms. The Morgan fingerprint density at radius 1 is 0.906 bits per heavy atom. The molecule has 1 N–H and O–H groups in total. The second-order valence-electron chi connectivity index (χ2n) is 7.56. The number of amides is 3. The van der Waals surface area contributed by atoms with Gasteiger partial charge in [-0.1, -0.05) is 42.5 Å². The highest BCUT2D eigenvalue weighted by atomic mass is 32.2. The first-order valence-corrected chi connectivity index (χ1v) is 12.9. The molecule has 6 nitrogen and oxygen atoms in total. The second kappa shape index (κ2) is 10.6. The van der Waals surface area contributed by atoms with Crippen molar-refractivity contribution in [2.45, 2.75) is 5.75 Å². The number of nitrogens with zero attached hydrogens (tertiary/aromatic N) is 2. The smallest absolute Gasteiger partial charge is 0.321 e. The zero-order valence-corrected chi connectivity index (χ0v) is 19.2. The van der Waals surface area contributed by atoms with Crippen molar-refractivity contribution in [3.63, 3.8) is 0 Å². The van der Waals surface area contributed by atoms with Gasteiger partial charge in [-0.15, -0.1) is 0 Å². The summed E-state index contributed by atoms with van der Waals surface area (Å²) >= 11 is 1.62. The van der Waals surface area contributed by atoms with E-state index in [0.29, 0.717) is 31.9 Å². The van der Waals surface area contributed by atoms with Crippen LogP contribution in [0.2, 0.25) is 0 Å². The Balaban J connectivity index is 1.27. The minimum absolute atomic E-state index is 0.00577. The monoisotopic (exact) mass is 467 g/mol. The molecule has 3 aromatic rings. The molecule has 3 amide bonds. The number of thiophene rings is 1. The van der Waals surface area contributed by atoms with Crippen molar-refractivity contribution in [1.82, 2.24) is 9.80 Å². The first-order chi connectivity index (χ1) is 15.6.